The van der Waals surface area contributed by atoms with Crippen LogP contribution in [0.25, 0.3) is 0 Å². The lowest BCUT2D eigenvalue weighted by Gasteiger charge is -2.18. The Morgan fingerprint density at radius 2 is 2.00 bits per heavy atom. The van der Waals surface area contributed by atoms with Crippen LogP contribution in [-0.4, -0.2) is 21.6 Å². The Morgan fingerprint density at radius 1 is 1.35 bits per heavy atom. The highest BCUT2D eigenvalue weighted by Gasteiger charge is 2.16. The van der Waals surface area contributed by atoms with Crippen LogP contribution in [0.4, 0.5) is 4.39 Å². The quantitative estimate of drug-likeness (QED) is 0.383. The van der Waals surface area contributed by atoms with Crippen molar-refractivity contribution in [1.29, 1.82) is 0 Å². The number of halogens is 2. The van der Waals surface area contributed by atoms with Crippen LogP contribution in [0.5, 0.6) is 0 Å². The molecular formula is C15H17ClFNO2. The zero-order valence-electron chi connectivity index (χ0n) is 11.6. The summed E-state index contributed by atoms with van der Waals surface area (Å²) in [5.41, 5.74) is -0.323. The highest BCUT2D eigenvalue weighted by atomic mass is 35.5. The molecule has 0 radical (unpaired) electrons. The van der Waals surface area contributed by atoms with E-state index in [0.717, 1.165) is 0 Å². The Balaban J connectivity index is 3.14. The van der Waals surface area contributed by atoms with Gasteiger partial charge in [-0.2, -0.15) is 0 Å². The van der Waals surface area contributed by atoms with Crippen molar-refractivity contribution in [3.05, 3.63) is 58.4 Å². The van der Waals surface area contributed by atoms with Crippen molar-refractivity contribution < 1.29 is 14.7 Å². The van der Waals surface area contributed by atoms with Crippen molar-refractivity contribution in [2.45, 2.75) is 26.4 Å². The summed E-state index contributed by atoms with van der Waals surface area (Å²) < 4.78 is 13.7. The van der Waals surface area contributed by atoms with Gasteiger partial charge >= 0.3 is 0 Å². The molecular weight excluding hydrogens is 281 g/mol. The molecule has 0 spiro atoms. The van der Waals surface area contributed by atoms with Gasteiger partial charge in [0.1, 0.15) is 11.5 Å². The van der Waals surface area contributed by atoms with Gasteiger partial charge in [-0.1, -0.05) is 28.9 Å². The first-order valence-corrected chi connectivity index (χ1v) is 6.42. The third-order valence-electron chi connectivity index (χ3n) is 2.75. The summed E-state index contributed by atoms with van der Waals surface area (Å²) in [4.78, 5) is 0. The SMILES string of the molecule is C\C=C(/C=C\C(=N\O)c1cc(Cl)ccc1F)C(C)(C)O. The lowest BCUT2D eigenvalue weighted by atomic mass is 9.96. The predicted molar refractivity (Wildman–Crippen MR) is 78.9 cm³/mol. The Kier molecular flexibility index (Phi) is 5.48. The van der Waals surface area contributed by atoms with Crippen LogP contribution in [0.15, 0.2) is 47.2 Å². The topological polar surface area (TPSA) is 52.8 Å². The highest BCUT2D eigenvalue weighted by Crippen LogP contribution is 2.19. The van der Waals surface area contributed by atoms with Crippen molar-refractivity contribution in [1.82, 2.24) is 0 Å². The molecule has 108 valence electrons. The molecule has 5 heteroatoms. The minimum absolute atomic E-state index is 0.0219. The van der Waals surface area contributed by atoms with Crippen molar-refractivity contribution in [2.75, 3.05) is 0 Å². The molecule has 0 amide bonds. The number of aliphatic hydroxyl groups is 1. The van der Waals surface area contributed by atoms with Crippen LogP contribution in [0.2, 0.25) is 5.02 Å². The number of nitrogens with zero attached hydrogens (tertiary/aromatic N) is 1. The molecule has 0 heterocycles. The number of benzene rings is 1. The number of oxime groups is 1. The monoisotopic (exact) mass is 297 g/mol. The first-order valence-electron chi connectivity index (χ1n) is 6.04. The van der Waals surface area contributed by atoms with Gasteiger partial charge in [0, 0.05) is 10.6 Å². The molecule has 1 rings (SSSR count). The summed E-state index contributed by atoms with van der Waals surface area (Å²) in [5.74, 6) is -0.544. The third-order valence-corrected chi connectivity index (χ3v) is 2.99. The summed E-state index contributed by atoms with van der Waals surface area (Å²) in [6.07, 6.45) is 4.71. The van der Waals surface area contributed by atoms with E-state index >= 15 is 0 Å². The molecule has 0 fully saturated rings. The summed E-state index contributed by atoms with van der Waals surface area (Å²) in [7, 11) is 0. The molecule has 3 nitrogen and oxygen atoms in total. The molecule has 1 aromatic carbocycles. The van der Waals surface area contributed by atoms with Crippen LogP contribution in [0.3, 0.4) is 0 Å². The molecule has 1 aromatic rings. The standard InChI is InChI=1S/C15H17ClFNO2/c1-4-10(15(2,3)19)5-8-14(18-20)12-9-11(16)6-7-13(12)17/h4-9,19-20H,1-3H3/b8-5-,10-4+,18-14-. The lowest BCUT2D eigenvalue weighted by molar-refractivity contribution is 0.123. The smallest absolute Gasteiger partial charge is 0.132 e. The average molecular weight is 298 g/mol. The summed E-state index contributed by atoms with van der Waals surface area (Å²) >= 11 is 5.80. The maximum absolute atomic E-state index is 13.7. The summed E-state index contributed by atoms with van der Waals surface area (Å²) in [6.45, 7) is 5.03. The molecule has 0 saturated carbocycles. The van der Waals surface area contributed by atoms with Crippen molar-refractivity contribution >= 4 is 17.3 Å². The van der Waals surface area contributed by atoms with Crippen LogP contribution in [0, 0.1) is 5.82 Å². The fraction of sp³-hybridized carbons (Fsp3) is 0.267. The van der Waals surface area contributed by atoms with E-state index in [1.54, 1.807) is 32.9 Å². The largest absolute Gasteiger partial charge is 0.410 e. The normalized spacial score (nSPS) is 14.1. The molecule has 0 aliphatic heterocycles. The van der Waals surface area contributed by atoms with E-state index in [1.165, 1.54) is 24.3 Å². The summed E-state index contributed by atoms with van der Waals surface area (Å²) in [6, 6.07) is 3.98. The molecule has 0 saturated heterocycles. The van der Waals surface area contributed by atoms with Crippen LogP contribution < -0.4 is 0 Å². The van der Waals surface area contributed by atoms with E-state index in [4.69, 9.17) is 16.8 Å². The van der Waals surface area contributed by atoms with Gasteiger partial charge in [0.2, 0.25) is 0 Å². The van der Waals surface area contributed by atoms with Gasteiger partial charge < -0.3 is 10.3 Å². The third kappa shape index (κ3) is 4.18. The second-order valence-corrected chi connectivity index (χ2v) is 5.18. The first kappa shape index (κ1) is 16.4. The first-order chi connectivity index (χ1) is 9.29. The highest BCUT2D eigenvalue weighted by molar-refractivity contribution is 6.31. The number of allylic oxidation sites excluding steroid dienone is 2. The minimum Gasteiger partial charge on any atom is -0.410 e. The predicted octanol–water partition coefficient (Wildman–Crippen LogP) is 3.93. The van der Waals surface area contributed by atoms with Crippen molar-refractivity contribution in [3.63, 3.8) is 0 Å². The maximum Gasteiger partial charge on any atom is 0.132 e. The maximum atomic E-state index is 13.7. The number of hydrogen-bond donors (Lipinski definition) is 2. The molecule has 0 unspecified atom stereocenters. The van der Waals surface area contributed by atoms with Crippen molar-refractivity contribution in [2.24, 2.45) is 5.16 Å². The van der Waals surface area contributed by atoms with Gasteiger partial charge in [-0.15, -0.1) is 0 Å². The minimum atomic E-state index is -1.04. The molecule has 0 aromatic heterocycles. The Morgan fingerprint density at radius 3 is 2.50 bits per heavy atom. The Hall–Kier alpha value is -1.65. The number of hydrogen-bond acceptors (Lipinski definition) is 3. The van der Waals surface area contributed by atoms with E-state index in [1.807, 2.05) is 0 Å². The lowest BCUT2D eigenvalue weighted by Crippen LogP contribution is -2.20. The second kappa shape index (κ2) is 6.68. The van der Waals surface area contributed by atoms with Crippen LogP contribution in [0.1, 0.15) is 26.3 Å². The molecule has 20 heavy (non-hydrogen) atoms. The van der Waals surface area contributed by atoms with Crippen molar-refractivity contribution in [3.8, 4) is 0 Å². The fourth-order valence-electron chi connectivity index (χ4n) is 1.69. The molecule has 0 bridgehead atoms. The van der Waals surface area contributed by atoms with Crippen LogP contribution in [-0.2, 0) is 0 Å². The van der Waals surface area contributed by atoms with Gasteiger partial charge in [-0.3, -0.25) is 0 Å². The zero-order chi connectivity index (χ0) is 15.3. The van der Waals surface area contributed by atoms with Gasteiger partial charge in [-0.25, -0.2) is 4.39 Å². The van der Waals surface area contributed by atoms with Gasteiger partial charge in [0.25, 0.3) is 0 Å². The molecule has 0 atom stereocenters. The van der Waals surface area contributed by atoms with E-state index in [2.05, 4.69) is 5.16 Å². The molecule has 2 N–H and O–H groups in total. The Labute approximate surface area is 122 Å². The second-order valence-electron chi connectivity index (χ2n) is 4.75. The van der Waals surface area contributed by atoms with E-state index in [0.29, 0.717) is 10.6 Å². The van der Waals surface area contributed by atoms with E-state index < -0.39 is 11.4 Å². The summed E-state index contributed by atoms with van der Waals surface area (Å²) in [5, 5.41) is 22.4. The van der Waals surface area contributed by atoms with Crippen LogP contribution >= 0.6 is 11.6 Å². The van der Waals surface area contributed by atoms with E-state index in [-0.39, 0.29) is 11.3 Å². The zero-order valence-corrected chi connectivity index (χ0v) is 12.3. The van der Waals surface area contributed by atoms with E-state index in [9.17, 15) is 9.50 Å². The fourth-order valence-corrected chi connectivity index (χ4v) is 1.86. The van der Waals surface area contributed by atoms with Gasteiger partial charge in [0.05, 0.1) is 5.60 Å². The number of rotatable bonds is 4. The average Bonchev–Trinajstić information content (AvgIpc) is 2.36. The van der Waals surface area contributed by atoms with Gasteiger partial charge in [-0.05, 0) is 50.6 Å². The van der Waals surface area contributed by atoms with Gasteiger partial charge in [0.15, 0.2) is 0 Å². The molecule has 0 aliphatic carbocycles. The Bertz CT molecular complexity index is 572. The molecule has 0 aliphatic rings.